The number of benzene rings is 4. The molecular formula is C37H37N3O2Si. The van der Waals surface area contributed by atoms with Crippen LogP contribution in [0.15, 0.2) is 114 Å². The molecule has 5 aromatic rings. The van der Waals surface area contributed by atoms with Crippen LogP contribution in [-0.2, 0) is 4.43 Å². The summed E-state index contributed by atoms with van der Waals surface area (Å²) < 4.78 is 7.31. The van der Waals surface area contributed by atoms with Gasteiger partial charge in [0, 0.05) is 35.6 Å². The number of aromatic nitrogens is 1. The van der Waals surface area contributed by atoms with E-state index in [2.05, 4.69) is 116 Å². The maximum Gasteiger partial charge on any atom is 0.261 e. The average molecular weight is 584 g/mol. The number of pyridine rings is 1. The van der Waals surface area contributed by atoms with Gasteiger partial charge in [-0.3, -0.25) is 9.69 Å². The summed E-state index contributed by atoms with van der Waals surface area (Å²) in [6.07, 6.45) is 0.157. The van der Waals surface area contributed by atoms with Gasteiger partial charge in [-0.1, -0.05) is 112 Å². The third-order valence-electron chi connectivity index (χ3n) is 8.90. The van der Waals surface area contributed by atoms with E-state index in [0.29, 0.717) is 22.0 Å². The maximum atomic E-state index is 12.7. The van der Waals surface area contributed by atoms with Gasteiger partial charge in [0.05, 0.1) is 17.7 Å². The topological polar surface area (TPSA) is 69.1 Å². The van der Waals surface area contributed by atoms with E-state index in [4.69, 9.17) is 4.43 Å². The van der Waals surface area contributed by atoms with Crippen molar-refractivity contribution in [2.75, 3.05) is 13.1 Å². The summed E-state index contributed by atoms with van der Waals surface area (Å²) in [5.41, 5.74) is 3.16. The number of likely N-dealkylation sites (tertiary alicyclic amines) is 1. The second-order valence-corrected chi connectivity index (χ2v) is 16.8. The van der Waals surface area contributed by atoms with Gasteiger partial charge in [-0.2, -0.15) is 5.26 Å². The molecule has 0 spiro atoms. The van der Waals surface area contributed by atoms with Crippen molar-refractivity contribution in [1.29, 1.82) is 5.26 Å². The third-order valence-corrected chi connectivity index (χ3v) is 14.0. The SMILES string of the molecule is CC(c1ccc(-c2cc3c(C#N)cccc3c(=O)[nH]2)cc1)N1CC(O[Si](c2ccccc2)(c2ccccc2)C(C)(C)C)C1. The first-order chi connectivity index (χ1) is 20.7. The quantitative estimate of drug-likeness (QED) is 0.226. The molecule has 1 fully saturated rings. The summed E-state index contributed by atoms with van der Waals surface area (Å²) in [7, 11) is -2.58. The molecule has 1 aliphatic rings. The van der Waals surface area contributed by atoms with E-state index in [9.17, 15) is 10.1 Å². The smallest absolute Gasteiger partial charge is 0.261 e. The summed E-state index contributed by atoms with van der Waals surface area (Å²) in [6.45, 7) is 11.0. The zero-order chi connectivity index (χ0) is 30.2. The molecule has 1 N–H and O–H groups in total. The van der Waals surface area contributed by atoms with Crippen LogP contribution in [0.2, 0.25) is 5.04 Å². The summed E-state index contributed by atoms with van der Waals surface area (Å²) >= 11 is 0. The molecule has 6 rings (SSSR count). The summed E-state index contributed by atoms with van der Waals surface area (Å²) in [5.74, 6) is 0. The highest BCUT2D eigenvalue weighted by molar-refractivity contribution is 6.99. The van der Waals surface area contributed by atoms with Crippen LogP contribution in [0.25, 0.3) is 22.0 Å². The fourth-order valence-electron chi connectivity index (χ4n) is 6.50. The molecule has 216 valence electrons. The molecule has 1 saturated heterocycles. The van der Waals surface area contributed by atoms with E-state index >= 15 is 0 Å². The minimum Gasteiger partial charge on any atom is -0.402 e. The van der Waals surface area contributed by atoms with E-state index < -0.39 is 8.32 Å². The Bertz CT molecular complexity index is 1790. The van der Waals surface area contributed by atoms with Crippen molar-refractivity contribution >= 4 is 29.5 Å². The van der Waals surface area contributed by atoms with Crippen LogP contribution in [0.4, 0.5) is 0 Å². The standard InChI is InChI=1S/C37H37N3O2Si/c1-26(27-18-20-28(21-19-27)35-22-34-29(23-38)12-11-17-33(34)36(41)39-35)40-24-30(25-40)42-43(37(2,3)4,31-13-7-5-8-14-31)32-15-9-6-10-16-32/h5-22,26,30H,24-25H2,1-4H3,(H,39,41). The first kappa shape index (κ1) is 28.8. The predicted molar refractivity (Wildman–Crippen MR) is 177 cm³/mol. The van der Waals surface area contributed by atoms with Gasteiger partial charge in [0.2, 0.25) is 0 Å². The van der Waals surface area contributed by atoms with E-state index in [1.54, 1.807) is 18.2 Å². The molecule has 0 amide bonds. The molecule has 6 heteroatoms. The van der Waals surface area contributed by atoms with Gasteiger partial charge >= 0.3 is 0 Å². The number of aromatic amines is 1. The number of nitrogens with one attached hydrogen (secondary N) is 1. The number of hydrogen-bond donors (Lipinski definition) is 1. The van der Waals surface area contributed by atoms with E-state index in [0.717, 1.165) is 18.7 Å². The Morgan fingerprint density at radius 1 is 0.860 bits per heavy atom. The van der Waals surface area contributed by atoms with Crippen LogP contribution in [-0.4, -0.2) is 37.4 Å². The molecule has 0 radical (unpaired) electrons. The first-order valence-electron chi connectivity index (χ1n) is 14.9. The lowest BCUT2D eigenvalue weighted by Gasteiger charge is -2.51. The zero-order valence-corrected chi connectivity index (χ0v) is 26.2. The molecule has 1 aromatic heterocycles. The maximum absolute atomic E-state index is 12.7. The average Bonchev–Trinajstić information content (AvgIpc) is 3.00. The van der Waals surface area contributed by atoms with Crippen molar-refractivity contribution in [2.45, 2.75) is 44.9 Å². The van der Waals surface area contributed by atoms with Gasteiger partial charge < -0.3 is 9.41 Å². The molecular weight excluding hydrogens is 547 g/mol. The Kier molecular flexibility index (Phi) is 7.66. The van der Waals surface area contributed by atoms with Crippen molar-refractivity contribution in [1.82, 2.24) is 9.88 Å². The minimum atomic E-state index is -2.58. The Morgan fingerprint density at radius 2 is 1.47 bits per heavy atom. The number of fused-ring (bicyclic) bond motifs is 1. The number of rotatable bonds is 7. The molecule has 0 saturated carbocycles. The molecule has 2 heterocycles. The van der Waals surface area contributed by atoms with Gasteiger partial charge in [-0.05, 0) is 51.7 Å². The van der Waals surface area contributed by atoms with Crippen LogP contribution in [0.1, 0.15) is 44.9 Å². The highest BCUT2D eigenvalue weighted by Gasteiger charge is 2.52. The van der Waals surface area contributed by atoms with E-state index in [1.807, 2.05) is 18.2 Å². The lowest BCUT2D eigenvalue weighted by Crippen LogP contribution is -2.70. The van der Waals surface area contributed by atoms with Crippen LogP contribution < -0.4 is 15.9 Å². The predicted octanol–water partition coefficient (Wildman–Crippen LogP) is 6.39. The number of nitrogens with zero attached hydrogens (tertiary/aromatic N) is 2. The van der Waals surface area contributed by atoms with Gasteiger partial charge in [-0.25, -0.2) is 0 Å². The molecule has 1 atom stereocenters. The minimum absolute atomic E-state index is 0.0463. The fourth-order valence-corrected chi connectivity index (χ4v) is 11.2. The molecule has 0 bridgehead atoms. The lowest BCUT2D eigenvalue weighted by molar-refractivity contribution is -0.0110. The second kappa shape index (κ2) is 11.4. The highest BCUT2D eigenvalue weighted by Crippen LogP contribution is 2.39. The Morgan fingerprint density at radius 3 is 2.02 bits per heavy atom. The Hall–Kier alpha value is -4.28. The molecule has 1 aliphatic heterocycles. The Balaban J connectivity index is 1.21. The highest BCUT2D eigenvalue weighted by atomic mass is 28.4. The molecule has 43 heavy (non-hydrogen) atoms. The number of H-pyrrole nitrogens is 1. The molecule has 1 unspecified atom stereocenters. The van der Waals surface area contributed by atoms with Crippen LogP contribution in [0.5, 0.6) is 0 Å². The molecule has 4 aromatic carbocycles. The van der Waals surface area contributed by atoms with Crippen molar-refractivity contribution in [3.8, 4) is 17.3 Å². The molecule has 0 aliphatic carbocycles. The largest absolute Gasteiger partial charge is 0.402 e. The summed E-state index contributed by atoms with van der Waals surface area (Å²) in [6, 6.07) is 39.6. The Labute approximate surface area is 254 Å². The van der Waals surface area contributed by atoms with Crippen molar-refractivity contribution in [3.05, 3.63) is 131 Å². The summed E-state index contributed by atoms with van der Waals surface area (Å²) in [4.78, 5) is 18.2. The lowest BCUT2D eigenvalue weighted by atomic mass is 9.99. The van der Waals surface area contributed by atoms with Gasteiger partial charge in [-0.15, -0.1) is 0 Å². The first-order valence-corrected chi connectivity index (χ1v) is 16.8. The second-order valence-electron chi connectivity index (χ2n) is 12.5. The molecule has 5 nitrogen and oxygen atoms in total. The third kappa shape index (κ3) is 5.25. The summed E-state index contributed by atoms with van der Waals surface area (Å²) in [5, 5.41) is 13.3. The van der Waals surface area contributed by atoms with Gasteiger partial charge in [0.1, 0.15) is 0 Å². The van der Waals surface area contributed by atoms with E-state index in [-0.39, 0.29) is 22.7 Å². The van der Waals surface area contributed by atoms with E-state index in [1.165, 1.54) is 15.9 Å². The van der Waals surface area contributed by atoms with Crippen molar-refractivity contribution in [3.63, 3.8) is 0 Å². The monoisotopic (exact) mass is 583 g/mol. The number of hydrogen-bond acceptors (Lipinski definition) is 4. The fraction of sp³-hybridized carbons (Fsp3) is 0.243. The van der Waals surface area contributed by atoms with Crippen LogP contribution >= 0.6 is 0 Å². The van der Waals surface area contributed by atoms with Gasteiger partial charge in [0.25, 0.3) is 13.9 Å². The number of nitriles is 1. The van der Waals surface area contributed by atoms with Crippen molar-refractivity contribution in [2.24, 2.45) is 0 Å². The van der Waals surface area contributed by atoms with Crippen LogP contribution in [0.3, 0.4) is 0 Å². The van der Waals surface area contributed by atoms with Crippen molar-refractivity contribution < 1.29 is 4.43 Å². The van der Waals surface area contributed by atoms with Gasteiger partial charge in [0.15, 0.2) is 0 Å². The van der Waals surface area contributed by atoms with Crippen LogP contribution in [0, 0.1) is 11.3 Å². The zero-order valence-electron chi connectivity index (χ0n) is 25.2. The normalized spacial score (nSPS) is 15.1.